The number of nitrogens with zero attached hydrogens (tertiary/aromatic N) is 3. The third-order valence-corrected chi connectivity index (χ3v) is 4.74. The van der Waals surface area contributed by atoms with Gasteiger partial charge in [-0.1, -0.05) is 30.3 Å². The molecule has 1 atom stereocenters. The zero-order valence-corrected chi connectivity index (χ0v) is 14.9. The van der Waals surface area contributed by atoms with E-state index in [1.165, 1.54) is 4.90 Å². The summed E-state index contributed by atoms with van der Waals surface area (Å²) in [6.45, 7) is 4.74. The summed E-state index contributed by atoms with van der Waals surface area (Å²) in [5.74, 6) is 0.557. The number of carbonyl (C=O) groups excluding carboxylic acids is 1. The fourth-order valence-corrected chi connectivity index (χ4v) is 3.29. The van der Waals surface area contributed by atoms with Gasteiger partial charge in [0, 0.05) is 22.2 Å². The largest absolute Gasteiger partial charge is 0.333 e. The predicted molar refractivity (Wildman–Crippen MR) is 101 cm³/mol. The molecule has 24 heavy (non-hydrogen) atoms. The van der Waals surface area contributed by atoms with Gasteiger partial charge in [-0.05, 0) is 48.9 Å². The van der Waals surface area contributed by atoms with Gasteiger partial charge in [0.15, 0.2) is 5.17 Å². The van der Waals surface area contributed by atoms with Gasteiger partial charge in [-0.25, -0.2) is 14.7 Å². The topological polar surface area (TPSA) is 57.6 Å². The maximum absolute atomic E-state index is 12.9. The first kappa shape index (κ1) is 16.8. The van der Waals surface area contributed by atoms with E-state index in [2.05, 4.69) is 22.2 Å². The molecule has 5 nitrogen and oxygen atoms in total. The lowest BCUT2D eigenvalue weighted by molar-refractivity contribution is 0.259. The molecule has 1 aromatic heterocycles. The highest BCUT2D eigenvalue weighted by Gasteiger charge is 2.28. The Morgan fingerprint density at radius 1 is 1.33 bits per heavy atom. The van der Waals surface area contributed by atoms with Crippen molar-refractivity contribution in [3.63, 3.8) is 0 Å². The number of aromatic nitrogens is 1. The van der Waals surface area contributed by atoms with E-state index in [0.717, 1.165) is 5.56 Å². The van der Waals surface area contributed by atoms with Gasteiger partial charge in [-0.15, -0.1) is 0 Å². The van der Waals surface area contributed by atoms with E-state index in [9.17, 15) is 4.79 Å². The average Bonchev–Trinajstić information content (AvgIpc) is 2.96. The smallest absolute Gasteiger partial charge is 0.307 e. The second kappa shape index (κ2) is 7.23. The Bertz CT molecular complexity index is 778. The number of aryl methyl sites for hydroxylation is 1. The molecule has 0 saturated carbocycles. The minimum absolute atomic E-state index is 0.296. The minimum atomic E-state index is -0.296. The van der Waals surface area contributed by atoms with Crippen LogP contribution in [0.3, 0.4) is 0 Å². The van der Waals surface area contributed by atoms with Crippen LogP contribution in [0.5, 0.6) is 0 Å². The van der Waals surface area contributed by atoms with Gasteiger partial charge in [0.25, 0.3) is 0 Å². The van der Waals surface area contributed by atoms with E-state index >= 15 is 0 Å². The number of amidine groups is 1. The maximum atomic E-state index is 12.9. The number of pyridine rings is 1. The van der Waals surface area contributed by atoms with Crippen molar-refractivity contribution in [1.82, 2.24) is 4.98 Å². The summed E-state index contributed by atoms with van der Waals surface area (Å²) in [6, 6.07) is 10.4. The molecule has 0 radical (unpaired) electrons. The van der Waals surface area contributed by atoms with Crippen molar-refractivity contribution in [3.05, 3.63) is 53.2 Å². The van der Waals surface area contributed by atoms with Crippen molar-refractivity contribution >= 4 is 46.1 Å². The van der Waals surface area contributed by atoms with Crippen LogP contribution in [-0.4, -0.2) is 28.0 Å². The molecule has 1 aromatic carbocycles. The number of rotatable bonds is 2. The van der Waals surface area contributed by atoms with Crippen molar-refractivity contribution in [3.8, 4) is 0 Å². The fourth-order valence-electron chi connectivity index (χ4n) is 2.23. The summed E-state index contributed by atoms with van der Waals surface area (Å²) in [7, 11) is 0. The molecule has 2 amide bonds. The number of nitrogens with one attached hydrogen (secondary N) is 1. The molecule has 124 valence electrons. The van der Waals surface area contributed by atoms with Crippen LogP contribution in [-0.2, 0) is 0 Å². The lowest BCUT2D eigenvalue weighted by atomic mass is 10.3. The van der Waals surface area contributed by atoms with Crippen LogP contribution in [0.4, 0.5) is 16.3 Å². The van der Waals surface area contributed by atoms with Gasteiger partial charge in [-0.2, -0.15) is 0 Å². The van der Waals surface area contributed by atoms with Crippen molar-refractivity contribution in [2.75, 3.05) is 16.8 Å². The molecule has 0 fully saturated rings. The van der Waals surface area contributed by atoms with E-state index in [-0.39, 0.29) is 6.03 Å². The normalized spacial score (nSPS) is 16.6. The zero-order valence-electron chi connectivity index (χ0n) is 13.4. The van der Waals surface area contributed by atoms with E-state index in [0.29, 0.717) is 33.5 Å². The highest BCUT2D eigenvalue weighted by atomic mass is 35.5. The summed E-state index contributed by atoms with van der Waals surface area (Å²) in [6.07, 6.45) is 1.69. The van der Waals surface area contributed by atoms with Gasteiger partial charge >= 0.3 is 6.03 Å². The standard InChI is InChI=1S/C17H17ClN4OS/c1-11-7-8-19-15(9-11)22(17-20-10-12(2)24-17)16(23)21-14-5-3-13(18)4-6-14/h3-9,12H,10H2,1-2H3,(H,21,23). The zero-order chi connectivity index (χ0) is 17.1. The van der Waals surface area contributed by atoms with Crippen LogP contribution in [0.2, 0.25) is 5.02 Å². The van der Waals surface area contributed by atoms with E-state index in [1.54, 1.807) is 42.2 Å². The number of thioether (sulfide) groups is 1. The number of anilines is 2. The van der Waals surface area contributed by atoms with E-state index in [4.69, 9.17) is 11.6 Å². The summed E-state index contributed by atoms with van der Waals surface area (Å²) >= 11 is 7.46. The molecule has 0 aliphatic carbocycles. The molecule has 0 saturated heterocycles. The summed E-state index contributed by atoms with van der Waals surface area (Å²) < 4.78 is 0. The van der Waals surface area contributed by atoms with Gasteiger partial charge < -0.3 is 5.32 Å². The number of urea groups is 1. The number of hydrogen-bond donors (Lipinski definition) is 1. The minimum Gasteiger partial charge on any atom is -0.307 e. The Labute approximate surface area is 150 Å². The molecule has 1 unspecified atom stereocenters. The Hall–Kier alpha value is -2.05. The first-order valence-electron chi connectivity index (χ1n) is 7.53. The van der Waals surface area contributed by atoms with Gasteiger partial charge in [-0.3, -0.25) is 4.99 Å². The molecule has 2 heterocycles. The second-order valence-electron chi connectivity index (χ2n) is 5.52. The Kier molecular flexibility index (Phi) is 5.06. The quantitative estimate of drug-likeness (QED) is 0.853. The molecule has 0 bridgehead atoms. The molecule has 1 aliphatic heterocycles. The van der Waals surface area contributed by atoms with Crippen LogP contribution in [0.1, 0.15) is 12.5 Å². The predicted octanol–water partition coefficient (Wildman–Crippen LogP) is 4.57. The highest BCUT2D eigenvalue weighted by Crippen LogP contribution is 2.27. The first-order chi connectivity index (χ1) is 11.5. The SMILES string of the molecule is Cc1ccnc(N(C(=O)Nc2ccc(Cl)cc2)C2=NCC(C)S2)c1. The van der Waals surface area contributed by atoms with Crippen LogP contribution < -0.4 is 10.2 Å². The first-order valence-corrected chi connectivity index (χ1v) is 8.79. The Morgan fingerprint density at radius 3 is 2.71 bits per heavy atom. The lowest BCUT2D eigenvalue weighted by Gasteiger charge is -2.22. The molecule has 3 rings (SSSR count). The number of halogens is 1. The molecular weight excluding hydrogens is 344 g/mol. The van der Waals surface area contributed by atoms with Crippen LogP contribution >= 0.6 is 23.4 Å². The number of benzene rings is 1. The molecule has 2 aromatic rings. The van der Waals surface area contributed by atoms with Crippen LogP contribution in [0.15, 0.2) is 47.6 Å². The number of amides is 2. The molecule has 0 spiro atoms. The van der Waals surface area contributed by atoms with Gasteiger partial charge in [0.05, 0.1) is 6.54 Å². The van der Waals surface area contributed by atoms with Gasteiger partial charge in [0.2, 0.25) is 0 Å². The second-order valence-corrected chi connectivity index (χ2v) is 7.36. The van der Waals surface area contributed by atoms with Crippen molar-refractivity contribution in [1.29, 1.82) is 0 Å². The summed E-state index contributed by atoms with van der Waals surface area (Å²) in [5.41, 5.74) is 1.69. The van der Waals surface area contributed by atoms with Crippen LogP contribution in [0, 0.1) is 6.92 Å². The number of carbonyl (C=O) groups is 1. The fraction of sp³-hybridized carbons (Fsp3) is 0.235. The monoisotopic (exact) mass is 360 g/mol. The van der Waals surface area contributed by atoms with Crippen molar-refractivity contribution in [2.24, 2.45) is 4.99 Å². The van der Waals surface area contributed by atoms with Gasteiger partial charge in [0.1, 0.15) is 5.82 Å². The lowest BCUT2D eigenvalue weighted by Crippen LogP contribution is -2.39. The molecule has 1 N–H and O–H groups in total. The third kappa shape index (κ3) is 3.88. The number of hydrogen-bond acceptors (Lipinski definition) is 4. The summed E-state index contributed by atoms with van der Waals surface area (Å²) in [4.78, 5) is 23.2. The van der Waals surface area contributed by atoms with Crippen LogP contribution in [0.25, 0.3) is 0 Å². The van der Waals surface area contributed by atoms with E-state index in [1.807, 2.05) is 19.1 Å². The Morgan fingerprint density at radius 2 is 2.08 bits per heavy atom. The third-order valence-electron chi connectivity index (χ3n) is 3.41. The molecule has 1 aliphatic rings. The molecular formula is C17H17ClN4OS. The van der Waals surface area contributed by atoms with Crippen molar-refractivity contribution < 1.29 is 4.79 Å². The summed E-state index contributed by atoms with van der Waals surface area (Å²) in [5, 5.41) is 4.50. The highest BCUT2D eigenvalue weighted by molar-refractivity contribution is 8.15. The maximum Gasteiger partial charge on any atom is 0.333 e. The van der Waals surface area contributed by atoms with E-state index < -0.39 is 0 Å². The average molecular weight is 361 g/mol. The van der Waals surface area contributed by atoms with Crippen molar-refractivity contribution in [2.45, 2.75) is 19.1 Å². The molecule has 7 heteroatoms. The number of aliphatic imine (C=N–C) groups is 1. The Balaban J connectivity index is 1.89.